The Balaban J connectivity index is 1.98. The first-order valence-corrected chi connectivity index (χ1v) is 6.53. The summed E-state index contributed by atoms with van der Waals surface area (Å²) in [7, 11) is 1.64. The lowest BCUT2D eigenvalue weighted by Gasteiger charge is -2.08. The second kappa shape index (κ2) is 5.57. The van der Waals surface area contributed by atoms with Crippen molar-refractivity contribution < 1.29 is 4.74 Å². The molecular formula is C18H15NO. The Morgan fingerprint density at radius 1 is 0.700 bits per heavy atom. The van der Waals surface area contributed by atoms with Gasteiger partial charge in [-0.3, -0.25) is 0 Å². The van der Waals surface area contributed by atoms with Crippen molar-refractivity contribution in [1.82, 2.24) is 4.98 Å². The highest BCUT2D eigenvalue weighted by molar-refractivity contribution is 5.72. The van der Waals surface area contributed by atoms with E-state index in [1.807, 2.05) is 30.3 Å². The highest BCUT2D eigenvalue weighted by atomic mass is 16.5. The van der Waals surface area contributed by atoms with Crippen LogP contribution in [0.2, 0.25) is 0 Å². The molecule has 2 heteroatoms. The van der Waals surface area contributed by atoms with Gasteiger partial charge in [-0.15, -0.1) is 0 Å². The molecule has 3 rings (SSSR count). The topological polar surface area (TPSA) is 22.1 Å². The molecule has 0 saturated carbocycles. The van der Waals surface area contributed by atoms with Crippen molar-refractivity contribution in [2.24, 2.45) is 0 Å². The van der Waals surface area contributed by atoms with Crippen LogP contribution in [0.4, 0.5) is 0 Å². The van der Waals surface area contributed by atoms with Gasteiger partial charge < -0.3 is 4.74 Å². The molecule has 1 aromatic heterocycles. The molecular weight excluding hydrogens is 246 g/mol. The fourth-order valence-corrected chi connectivity index (χ4v) is 2.25. The Labute approximate surface area is 118 Å². The van der Waals surface area contributed by atoms with Gasteiger partial charge in [0.2, 0.25) is 5.88 Å². The van der Waals surface area contributed by atoms with Crippen LogP contribution >= 0.6 is 0 Å². The maximum atomic E-state index is 5.30. The highest BCUT2D eigenvalue weighted by Crippen LogP contribution is 2.29. The second-order valence-electron chi connectivity index (χ2n) is 4.50. The number of rotatable bonds is 3. The molecule has 2 nitrogen and oxygen atoms in total. The van der Waals surface area contributed by atoms with Gasteiger partial charge in [0, 0.05) is 11.8 Å². The fraction of sp³-hybridized carbons (Fsp3) is 0.0556. The van der Waals surface area contributed by atoms with Crippen molar-refractivity contribution in [3.05, 3.63) is 72.9 Å². The van der Waals surface area contributed by atoms with Crippen molar-refractivity contribution in [3.63, 3.8) is 0 Å². The van der Waals surface area contributed by atoms with Crippen molar-refractivity contribution in [1.29, 1.82) is 0 Å². The maximum Gasteiger partial charge on any atom is 0.221 e. The number of methoxy groups -OCH3 is 1. The van der Waals surface area contributed by atoms with Gasteiger partial charge in [-0.1, -0.05) is 54.6 Å². The molecule has 0 fully saturated rings. The molecule has 98 valence electrons. The van der Waals surface area contributed by atoms with Crippen LogP contribution in [-0.2, 0) is 0 Å². The van der Waals surface area contributed by atoms with E-state index in [4.69, 9.17) is 4.74 Å². The number of ether oxygens (including phenoxy) is 1. The lowest BCUT2D eigenvalue weighted by Crippen LogP contribution is -1.90. The molecule has 1 heterocycles. The Morgan fingerprint density at radius 2 is 1.35 bits per heavy atom. The summed E-state index contributed by atoms with van der Waals surface area (Å²) in [5, 5.41) is 0. The number of benzene rings is 2. The predicted octanol–water partition coefficient (Wildman–Crippen LogP) is 4.42. The summed E-state index contributed by atoms with van der Waals surface area (Å²) < 4.78 is 5.30. The van der Waals surface area contributed by atoms with Crippen LogP contribution < -0.4 is 4.74 Å². The molecule has 0 spiro atoms. The van der Waals surface area contributed by atoms with Gasteiger partial charge in [0.05, 0.1) is 7.11 Å². The van der Waals surface area contributed by atoms with Crippen LogP contribution in [0.3, 0.4) is 0 Å². The summed E-state index contributed by atoms with van der Waals surface area (Å²) in [5.41, 5.74) is 4.54. The van der Waals surface area contributed by atoms with Gasteiger partial charge in [-0.2, -0.15) is 0 Å². The summed E-state index contributed by atoms with van der Waals surface area (Å²) in [6.07, 6.45) is 1.74. The second-order valence-corrected chi connectivity index (χ2v) is 4.50. The van der Waals surface area contributed by atoms with Crippen molar-refractivity contribution in [2.75, 3.05) is 7.11 Å². The number of pyridine rings is 1. The predicted molar refractivity (Wildman–Crippen MR) is 81.7 cm³/mol. The molecule has 0 saturated heterocycles. The normalized spacial score (nSPS) is 10.2. The molecule has 0 unspecified atom stereocenters. The molecule has 0 bridgehead atoms. The zero-order valence-corrected chi connectivity index (χ0v) is 11.3. The zero-order chi connectivity index (χ0) is 13.8. The minimum absolute atomic E-state index is 0.653. The van der Waals surface area contributed by atoms with Gasteiger partial charge in [0.25, 0.3) is 0 Å². The van der Waals surface area contributed by atoms with Crippen LogP contribution in [0.5, 0.6) is 5.88 Å². The molecule has 2 aromatic carbocycles. The Bertz CT molecular complexity index is 690. The molecule has 0 atom stereocenters. The van der Waals surface area contributed by atoms with E-state index in [9.17, 15) is 0 Å². The fourth-order valence-electron chi connectivity index (χ4n) is 2.25. The first kappa shape index (κ1) is 12.4. The van der Waals surface area contributed by atoms with E-state index >= 15 is 0 Å². The maximum absolute atomic E-state index is 5.30. The van der Waals surface area contributed by atoms with Gasteiger partial charge >= 0.3 is 0 Å². The number of aromatic nitrogens is 1. The largest absolute Gasteiger partial charge is 0.481 e. The van der Waals surface area contributed by atoms with Gasteiger partial charge in [-0.25, -0.2) is 4.98 Å². The van der Waals surface area contributed by atoms with Crippen LogP contribution in [0, 0.1) is 0 Å². The first-order valence-electron chi connectivity index (χ1n) is 6.53. The minimum Gasteiger partial charge on any atom is -0.481 e. The Kier molecular flexibility index (Phi) is 3.46. The van der Waals surface area contributed by atoms with E-state index in [2.05, 4.69) is 41.4 Å². The van der Waals surface area contributed by atoms with E-state index in [1.165, 1.54) is 11.1 Å². The molecule has 0 aliphatic carbocycles. The van der Waals surface area contributed by atoms with Gasteiger partial charge in [-0.05, 0) is 28.8 Å². The van der Waals surface area contributed by atoms with Crippen LogP contribution in [0.1, 0.15) is 0 Å². The van der Waals surface area contributed by atoms with E-state index in [-0.39, 0.29) is 0 Å². The third-order valence-corrected chi connectivity index (χ3v) is 3.27. The first-order chi connectivity index (χ1) is 9.88. The SMILES string of the molecule is COc1ncccc1-c1ccc(-c2ccccc2)cc1. The molecule has 0 aliphatic heterocycles. The smallest absolute Gasteiger partial charge is 0.221 e. The number of hydrogen-bond donors (Lipinski definition) is 0. The quantitative estimate of drug-likeness (QED) is 0.696. The van der Waals surface area contributed by atoms with Crippen LogP contribution in [0.15, 0.2) is 72.9 Å². The number of nitrogens with zero attached hydrogens (tertiary/aromatic N) is 1. The molecule has 20 heavy (non-hydrogen) atoms. The monoisotopic (exact) mass is 261 g/mol. The Morgan fingerprint density at radius 3 is 2.05 bits per heavy atom. The van der Waals surface area contributed by atoms with Crippen LogP contribution in [0.25, 0.3) is 22.3 Å². The standard InChI is InChI=1S/C18H15NO/c1-20-18-17(8-5-13-19-18)16-11-9-15(10-12-16)14-6-3-2-4-7-14/h2-13H,1H3. The zero-order valence-electron chi connectivity index (χ0n) is 11.3. The van der Waals surface area contributed by atoms with Crippen LogP contribution in [-0.4, -0.2) is 12.1 Å². The summed E-state index contributed by atoms with van der Waals surface area (Å²) in [6.45, 7) is 0. The number of hydrogen-bond acceptors (Lipinski definition) is 2. The highest BCUT2D eigenvalue weighted by Gasteiger charge is 2.06. The lowest BCUT2D eigenvalue weighted by atomic mass is 10.0. The lowest BCUT2D eigenvalue weighted by molar-refractivity contribution is 0.399. The van der Waals surface area contributed by atoms with Crippen molar-refractivity contribution >= 4 is 0 Å². The van der Waals surface area contributed by atoms with Crippen molar-refractivity contribution in [3.8, 4) is 28.1 Å². The van der Waals surface area contributed by atoms with E-state index < -0.39 is 0 Å². The summed E-state index contributed by atoms with van der Waals surface area (Å²) >= 11 is 0. The average molecular weight is 261 g/mol. The molecule has 0 amide bonds. The third-order valence-electron chi connectivity index (χ3n) is 3.27. The molecule has 0 N–H and O–H groups in total. The summed E-state index contributed by atoms with van der Waals surface area (Å²) in [6, 6.07) is 22.7. The molecule has 0 aliphatic rings. The summed E-state index contributed by atoms with van der Waals surface area (Å²) in [4.78, 5) is 4.23. The van der Waals surface area contributed by atoms with Gasteiger partial charge in [0.1, 0.15) is 0 Å². The molecule has 0 radical (unpaired) electrons. The minimum atomic E-state index is 0.653. The van der Waals surface area contributed by atoms with E-state index in [0.29, 0.717) is 5.88 Å². The third kappa shape index (κ3) is 2.41. The Hall–Kier alpha value is -2.61. The van der Waals surface area contributed by atoms with Crippen molar-refractivity contribution in [2.45, 2.75) is 0 Å². The average Bonchev–Trinajstić information content (AvgIpc) is 2.56. The summed E-state index contributed by atoms with van der Waals surface area (Å²) in [5.74, 6) is 0.653. The van der Waals surface area contributed by atoms with E-state index in [0.717, 1.165) is 11.1 Å². The molecule has 3 aromatic rings. The van der Waals surface area contributed by atoms with Gasteiger partial charge in [0.15, 0.2) is 0 Å². The van der Waals surface area contributed by atoms with E-state index in [1.54, 1.807) is 13.3 Å².